The van der Waals surface area contributed by atoms with Crippen molar-refractivity contribution in [1.82, 2.24) is 10.3 Å². The maximum atomic E-state index is 3.28. The Morgan fingerprint density at radius 1 is 1.45 bits per heavy atom. The highest BCUT2D eigenvalue weighted by Gasteiger charge is 2.12. The molecule has 0 aromatic carbocycles. The highest BCUT2D eigenvalue weighted by Crippen LogP contribution is 2.19. The first kappa shape index (κ1) is 8.34. The summed E-state index contributed by atoms with van der Waals surface area (Å²) in [4.78, 5) is 3.06. The zero-order chi connectivity index (χ0) is 8.27. The molecule has 1 rings (SSSR count). The molecule has 11 heavy (non-hydrogen) atoms. The van der Waals surface area contributed by atoms with E-state index in [4.69, 9.17) is 0 Å². The second-order valence-corrected chi connectivity index (χ2v) is 3.15. The lowest BCUT2D eigenvalue weighted by Crippen LogP contribution is -2.20. The van der Waals surface area contributed by atoms with E-state index < -0.39 is 0 Å². The average Bonchev–Trinajstić information content (AvgIpc) is 2.40. The van der Waals surface area contributed by atoms with Crippen LogP contribution in [-0.4, -0.2) is 12.0 Å². The molecule has 2 heteroatoms. The van der Waals surface area contributed by atoms with Crippen LogP contribution in [0.4, 0.5) is 0 Å². The van der Waals surface area contributed by atoms with E-state index >= 15 is 0 Å². The molecule has 0 aliphatic carbocycles. The van der Waals surface area contributed by atoms with Gasteiger partial charge in [0, 0.05) is 18.4 Å². The Labute approximate surface area is 68.0 Å². The third kappa shape index (κ3) is 1.84. The molecule has 0 radical (unpaired) electrons. The summed E-state index contributed by atoms with van der Waals surface area (Å²) in [6, 6.07) is 2.59. The van der Waals surface area contributed by atoms with Crippen LogP contribution in [0.15, 0.2) is 18.5 Å². The van der Waals surface area contributed by atoms with Gasteiger partial charge >= 0.3 is 0 Å². The molecule has 1 unspecified atom stereocenters. The van der Waals surface area contributed by atoms with Crippen molar-refractivity contribution in [3.8, 4) is 0 Å². The molecule has 2 nitrogen and oxygen atoms in total. The lowest BCUT2D eigenvalue weighted by atomic mass is 9.99. The van der Waals surface area contributed by atoms with Crippen molar-refractivity contribution >= 4 is 0 Å². The quantitative estimate of drug-likeness (QED) is 0.680. The van der Waals surface area contributed by atoms with Gasteiger partial charge in [-0.05, 0) is 24.6 Å². The van der Waals surface area contributed by atoms with Crippen LogP contribution in [0.25, 0.3) is 0 Å². The van der Waals surface area contributed by atoms with Crippen LogP contribution in [0, 0.1) is 5.92 Å². The monoisotopic (exact) mass is 152 g/mol. The van der Waals surface area contributed by atoms with Crippen molar-refractivity contribution in [2.24, 2.45) is 5.92 Å². The second-order valence-electron chi connectivity index (χ2n) is 3.15. The van der Waals surface area contributed by atoms with E-state index in [2.05, 4.69) is 30.2 Å². The van der Waals surface area contributed by atoms with Gasteiger partial charge in [0.05, 0.1) is 0 Å². The number of aromatic amines is 1. The first-order valence-corrected chi connectivity index (χ1v) is 4.05. The molecule has 1 heterocycles. The van der Waals surface area contributed by atoms with Gasteiger partial charge in [-0.2, -0.15) is 0 Å². The Morgan fingerprint density at radius 3 is 2.55 bits per heavy atom. The number of aromatic nitrogens is 1. The standard InChI is InChI=1S/C9H16N2/c1-7(2)9(10-3)8-4-5-11-6-8/h4-7,9-11H,1-3H3. The van der Waals surface area contributed by atoms with Crippen molar-refractivity contribution in [1.29, 1.82) is 0 Å². The van der Waals surface area contributed by atoms with Crippen LogP contribution < -0.4 is 5.32 Å². The fraction of sp³-hybridized carbons (Fsp3) is 0.556. The van der Waals surface area contributed by atoms with Crippen LogP contribution in [0.3, 0.4) is 0 Å². The first-order chi connectivity index (χ1) is 5.25. The summed E-state index contributed by atoms with van der Waals surface area (Å²) in [5, 5.41) is 3.28. The highest BCUT2D eigenvalue weighted by atomic mass is 14.9. The molecular weight excluding hydrogens is 136 g/mol. The first-order valence-electron chi connectivity index (χ1n) is 4.05. The maximum absolute atomic E-state index is 3.28. The molecule has 1 atom stereocenters. The molecule has 0 spiro atoms. The fourth-order valence-electron chi connectivity index (χ4n) is 1.42. The van der Waals surface area contributed by atoms with E-state index in [0.29, 0.717) is 12.0 Å². The lowest BCUT2D eigenvalue weighted by molar-refractivity contribution is 0.443. The third-order valence-electron chi connectivity index (χ3n) is 1.96. The molecular formula is C9H16N2. The van der Waals surface area contributed by atoms with Crippen molar-refractivity contribution in [2.75, 3.05) is 7.05 Å². The third-order valence-corrected chi connectivity index (χ3v) is 1.96. The molecule has 0 amide bonds. The normalized spacial score (nSPS) is 13.8. The largest absolute Gasteiger partial charge is 0.367 e. The van der Waals surface area contributed by atoms with Crippen LogP contribution in [0.2, 0.25) is 0 Å². The maximum Gasteiger partial charge on any atom is 0.0355 e. The Kier molecular flexibility index (Phi) is 2.71. The van der Waals surface area contributed by atoms with Crippen LogP contribution in [0.5, 0.6) is 0 Å². The van der Waals surface area contributed by atoms with Crippen LogP contribution >= 0.6 is 0 Å². The smallest absolute Gasteiger partial charge is 0.0355 e. The van der Waals surface area contributed by atoms with Gasteiger partial charge in [-0.1, -0.05) is 13.8 Å². The molecule has 2 N–H and O–H groups in total. The predicted octanol–water partition coefficient (Wildman–Crippen LogP) is 1.93. The van der Waals surface area contributed by atoms with Crippen LogP contribution in [0.1, 0.15) is 25.5 Å². The second kappa shape index (κ2) is 3.58. The SMILES string of the molecule is CNC(c1cc[nH]c1)C(C)C. The fourth-order valence-corrected chi connectivity index (χ4v) is 1.42. The van der Waals surface area contributed by atoms with E-state index in [9.17, 15) is 0 Å². The van der Waals surface area contributed by atoms with Crippen molar-refractivity contribution in [2.45, 2.75) is 19.9 Å². The van der Waals surface area contributed by atoms with Crippen LogP contribution in [-0.2, 0) is 0 Å². The number of rotatable bonds is 3. The topological polar surface area (TPSA) is 27.8 Å². The minimum atomic E-state index is 0.473. The molecule has 0 saturated carbocycles. The van der Waals surface area contributed by atoms with Crippen molar-refractivity contribution in [3.05, 3.63) is 24.0 Å². The van der Waals surface area contributed by atoms with E-state index in [1.54, 1.807) is 0 Å². The minimum Gasteiger partial charge on any atom is -0.367 e. The van der Waals surface area contributed by atoms with E-state index in [0.717, 1.165) is 0 Å². The van der Waals surface area contributed by atoms with Gasteiger partial charge in [-0.3, -0.25) is 0 Å². The summed E-state index contributed by atoms with van der Waals surface area (Å²) >= 11 is 0. The van der Waals surface area contributed by atoms with Gasteiger partial charge in [-0.15, -0.1) is 0 Å². The Balaban J connectivity index is 2.71. The number of H-pyrrole nitrogens is 1. The summed E-state index contributed by atoms with van der Waals surface area (Å²) < 4.78 is 0. The summed E-state index contributed by atoms with van der Waals surface area (Å²) in [7, 11) is 2.00. The van der Waals surface area contributed by atoms with Crippen molar-refractivity contribution in [3.63, 3.8) is 0 Å². The molecule has 62 valence electrons. The molecule has 0 aliphatic rings. The van der Waals surface area contributed by atoms with Gasteiger partial charge in [-0.25, -0.2) is 0 Å². The van der Waals surface area contributed by atoms with E-state index in [1.165, 1.54) is 5.56 Å². The van der Waals surface area contributed by atoms with E-state index in [1.807, 2.05) is 19.4 Å². The summed E-state index contributed by atoms with van der Waals surface area (Å²) in [6.45, 7) is 4.43. The molecule has 1 aromatic rings. The zero-order valence-electron chi connectivity index (χ0n) is 7.39. The number of nitrogens with one attached hydrogen (secondary N) is 2. The minimum absolute atomic E-state index is 0.473. The molecule has 0 fully saturated rings. The summed E-state index contributed by atoms with van der Waals surface area (Å²) in [5.41, 5.74) is 1.34. The number of hydrogen-bond acceptors (Lipinski definition) is 1. The van der Waals surface area contributed by atoms with Gasteiger partial charge in [0.1, 0.15) is 0 Å². The highest BCUT2D eigenvalue weighted by molar-refractivity contribution is 5.14. The summed E-state index contributed by atoms with van der Waals surface area (Å²) in [6.07, 6.45) is 4.00. The Bertz CT molecular complexity index is 189. The van der Waals surface area contributed by atoms with Gasteiger partial charge in [0.15, 0.2) is 0 Å². The lowest BCUT2D eigenvalue weighted by Gasteiger charge is -2.18. The Hall–Kier alpha value is -0.760. The molecule has 0 aliphatic heterocycles. The van der Waals surface area contributed by atoms with Gasteiger partial charge in [0.2, 0.25) is 0 Å². The Morgan fingerprint density at radius 2 is 2.18 bits per heavy atom. The van der Waals surface area contributed by atoms with Crippen molar-refractivity contribution < 1.29 is 0 Å². The predicted molar refractivity (Wildman–Crippen MR) is 47.4 cm³/mol. The molecule has 1 aromatic heterocycles. The zero-order valence-corrected chi connectivity index (χ0v) is 7.39. The van der Waals surface area contributed by atoms with Gasteiger partial charge in [0.25, 0.3) is 0 Å². The summed E-state index contributed by atoms with van der Waals surface area (Å²) in [5.74, 6) is 0.635. The molecule has 0 bridgehead atoms. The van der Waals surface area contributed by atoms with E-state index in [-0.39, 0.29) is 0 Å². The number of hydrogen-bond donors (Lipinski definition) is 2. The molecule has 0 saturated heterocycles. The van der Waals surface area contributed by atoms with Gasteiger partial charge < -0.3 is 10.3 Å². The average molecular weight is 152 g/mol.